The molecule has 1 N–H and O–H groups in total. The SMILES string of the molecule is COC(=O)c1cc(Cl)c(NC(=O)N2CCN(c3ccc([N+](=O)[O-])nc3)CC2)cc1OC. The van der Waals surface area contributed by atoms with Gasteiger partial charge in [-0.3, -0.25) is 0 Å². The molecule has 11 nitrogen and oxygen atoms in total. The van der Waals surface area contributed by atoms with Crippen LogP contribution in [0, 0.1) is 10.1 Å². The van der Waals surface area contributed by atoms with Crippen molar-refractivity contribution in [2.75, 3.05) is 50.6 Å². The molecule has 1 aromatic carbocycles. The van der Waals surface area contributed by atoms with Crippen LogP contribution in [0.3, 0.4) is 0 Å². The number of rotatable bonds is 5. The van der Waals surface area contributed by atoms with Crippen molar-refractivity contribution in [2.24, 2.45) is 0 Å². The first-order valence-corrected chi connectivity index (χ1v) is 9.59. The summed E-state index contributed by atoms with van der Waals surface area (Å²) in [6, 6.07) is 5.47. The Morgan fingerprint density at radius 2 is 1.90 bits per heavy atom. The fraction of sp³-hybridized carbons (Fsp3) is 0.316. The van der Waals surface area contributed by atoms with Crippen molar-refractivity contribution in [3.8, 4) is 5.75 Å². The van der Waals surface area contributed by atoms with Crippen LogP contribution in [-0.2, 0) is 4.74 Å². The Morgan fingerprint density at radius 1 is 1.19 bits per heavy atom. The van der Waals surface area contributed by atoms with E-state index in [4.69, 9.17) is 21.1 Å². The van der Waals surface area contributed by atoms with Crippen LogP contribution < -0.4 is 15.0 Å². The van der Waals surface area contributed by atoms with E-state index >= 15 is 0 Å². The summed E-state index contributed by atoms with van der Waals surface area (Å²) in [5.74, 6) is -0.595. The van der Waals surface area contributed by atoms with Crippen LogP contribution in [0.5, 0.6) is 5.75 Å². The third-order valence-corrected chi connectivity index (χ3v) is 5.10. The maximum atomic E-state index is 12.7. The van der Waals surface area contributed by atoms with E-state index in [2.05, 4.69) is 10.3 Å². The number of nitro groups is 1. The molecule has 0 spiro atoms. The summed E-state index contributed by atoms with van der Waals surface area (Å²) < 4.78 is 9.90. The lowest BCUT2D eigenvalue weighted by molar-refractivity contribution is -0.389. The van der Waals surface area contributed by atoms with E-state index in [9.17, 15) is 19.7 Å². The first kappa shape index (κ1) is 22.1. The Hall–Kier alpha value is -3.60. The summed E-state index contributed by atoms with van der Waals surface area (Å²) in [5, 5.41) is 13.6. The number of methoxy groups -OCH3 is 2. The van der Waals surface area contributed by atoms with Gasteiger partial charge in [0.15, 0.2) is 6.20 Å². The highest BCUT2D eigenvalue weighted by atomic mass is 35.5. The summed E-state index contributed by atoms with van der Waals surface area (Å²) in [4.78, 5) is 42.1. The van der Waals surface area contributed by atoms with Crippen LogP contribution in [0.1, 0.15) is 10.4 Å². The molecule has 164 valence electrons. The average molecular weight is 450 g/mol. The molecular formula is C19H20ClN5O6. The van der Waals surface area contributed by atoms with E-state index in [0.717, 1.165) is 5.69 Å². The maximum Gasteiger partial charge on any atom is 0.363 e. The van der Waals surface area contributed by atoms with Gasteiger partial charge in [-0.1, -0.05) is 11.6 Å². The fourth-order valence-electron chi connectivity index (χ4n) is 3.12. The average Bonchev–Trinajstić information content (AvgIpc) is 2.79. The quantitative estimate of drug-likeness (QED) is 0.419. The number of pyridine rings is 1. The number of carbonyl (C=O) groups excluding carboxylic acids is 2. The predicted octanol–water partition coefficient (Wildman–Crippen LogP) is 2.79. The second-order valence-corrected chi connectivity index (χ2v) is 6.97. The normalized spacial score (nSPS) is 13.5. The molecule has 1 aromatic heterocycles. The summed E-state index contributed by atoms with van der Waals surface area (Å²) in [6.45, 7) is 1.92. The Kier molecular flexibility index (Phi) is 6.75. The van der Waals surface area contributed by atoms with Gasteiger partial charge in [-0.2, -0.15) is 0 Å². The summed E-state index contributed by atoms with van der Waals surface area (Å²) in [5.41, 5.74) is 1.20. The summed E-state index contributed by atoms with van der Waals surface area (Å²) in [7, 11) is 2.64. The molecular weight excluding hydrogens is 430 g/mol. The highest BCUT2D eigenvalue weighted by molar-refractivity contribution is 6.34. The van der Waals surface area contributed by atoms with E-state index in [-0.39, 0.29) is 28.2 Å². The van der Waals surface area contributed by atoms with Crippen molar-refractivity contribution < 1.29 is 24.0 Å². The Balaban J connectivity index is 1.63. The summed E-state index contributed by atoms with van der Waals surface area (Å²) >= 11 is 6.22. The molecule has 2 heterocycles. The molecule has 0 aliphatic carbocycles. The van der Waals surface area contributed by atoms with E-state index < -0.39 is 10.9 Å². The van der Waals surface area contributed by atoms with Gasteiger partial charge < -0.3 is 34.7 Å². The number of ether oxygens (including phenoxy) is 2. The first-order valence-electron chi connectivity index (χ1n) is 9.21. The predicted molar refractivity (Wildman–Crippen MR) is 113 cm³/mol. The van der Waals surface area contributed by atoms with Gasteiger partial charge in [0.05, 0.1) is 30.6 Å². The van der Waals surface area contributed by atoms with Crippen molar-refractivity contribution in [1.29, 1.82) is 0 Å². The number of esters is 1. The number of piperazine rings is 1. The van der Waals surface area contributed by atoms with Gasteiger partial charge in [0.25, 0.3) is 0 Å². The van der Waals surface area contributed by atoms with Crippen LogP contribution >= 0.6 is 11.6 Å². The van der Waals surface area contributed by atoms with Crippen molar-refractivity contribution in [1.82, 2.24) is 9.88 Å². The zero-order valence-electron chi connectivity index (χ0n) is 16.8. The number of benzene rings is 1. The topological polar surface area (TPSA) is 127 Å². The van der Waals surface area contributed by atoms with Gasteiger partial charge in [0, 0.05) is 38.3 Å². The van der Waals surface area contributed by atoms with Gasteiger partial charge in [-0.05, 0) is 22.0 Å². The monoisotopic (exact) mass is 449 g/mol. The van der Waals surface area contributed by atoms with Crippen LogP contribution in [0.2, 0.25) is 5.02 Å². The highest BCUT2D eigenvalue weighted by Gasteiger charge is 2.24. The third kappa shape index (κ3) is 4.94. The third-order valence-electron chi connectivity index (χ3n) is 4.79. The van der Waals surface area contributed by atoms with Crippen molar-refractivity contribution in [3.05, 3.63) is 51.2 Å². The molecule has 0 radical (unpaired) electrons. The minimum absolute atomic E-state index is 0.151. The lowest BCUT2D eigenvalue weighted by atomic mass is 10.1. The molecule has 1 saturated heterocycles. The smallest absolute Gasteiger partial charge is 0.363 e. The second-order valence-electron chi connectivity index (χ2n) is 6.56. The van der Waals surface area contributed by atoms with Crippen molar-refractivity contribution in [3.63, 3.8) is 0 Å². The number of hydrogen-bond donors (Lipinski definition) is 1. The van der Waals surface area contributed by atoms with Gasteiger partial charge in [0.1, 0.15) is 11.3 Å². The molecule has 1 aliphatic rings. The van der Waals surface area contributed by atoms with Gasteiger partial charge in [0.2, 0.25) is 0 Å². The molecule has 31 heavy (non-hydrogen) atoms. The molecule has 0 atom stereocenters. The Morgan fingerprint density at radius 3 is 2.45 bits per heavy atom. The minimum atomic E-state index is -0.603. The molecule has 2 aromatic rings. The van der Waals surface area contributed by atoms with E-state index in [1.807, 2.05) is 4.90 Å². The molecule has 1 fully saturated rings. The zero-order chi connectivity index (χ0) is 22.5. The Labute approximate surface area is 182 Å². The lowest BCUT2D eigenvalue weighted by Gasteiger charge is -2.35. The lowest BCUT2D eigenvalue weighted by Crippen LogP contribution is -2.50. The van der Waals surface area contributed by atoms with Gasteiger partial charge in [-0.25, -0.2) is 9.59 Å². The van der Waals surface area contributed by atoms with Crippen LogP contribution in [0.15, 0.2) is 30.5 Å². The second kappa shape index (κ2) is 9.47. The molecule has 2 amide bonds. The van der Waals surface area contributed by atoms with E-state index in [1.54, 1.807) is 11.0 Å². The number of hydrogen-bond acceptors (Lipinski definition) is 8. The largest absolute Gasteiger partial charge is 0.496 e. The molecule has 1 aliphatic heterocycles. The number of aromatic nitrogens is 1. The summed E-state index contributed by atoms with van der Waals surface area (Å²) in [6.07, 6.45) is 1.45. The molecule has 12 heteroatoms. The van der Waals surface area contributed by atoms with Gasteiger partial charge in [-0.15, -0.1) is 0 Å². The standard InChI is InChI=1S/C19H20ClN5O6/c1-30-16-10-15(14(20)9-13(16)18(26)31-2)22-19(27)24-7-5-23(6-8-24)12-3-4-17(21-11-12)25(28)29/h3-4,9-11H,5-8H2,1-2H3,(H,22,27). The van der Waals surface area contributed by atoms with Gasteiger partial charge >= 0.3 is 17.8 Å². The van der Waals surface area contributed by atoms with Crippen LogP contribution in [0.25, 0.3) is 0 Å². The van der Waals surface area contributed by atoms with Crippen molar-refractivity contribution >= 4 is 40.8 Å². The van der Waals surface area contributed by atoms with E-state index in [0.29, 0.717) is 31.9 Å². The van der Waals surface area contributed by atoms with Crippen LogP contribution in [-0.4, -0.2) is 67.2 Å². The fourth-order valence-corrected chi connectivity index (χ4v) is 3.33. The first-order chi connectivity index (χ1) is 14.8. The zero-order valence-corrected chi connectivity index (χ0v) is 17.6. The molecule has 3 rings (SSSR count). The minimum Gasteiger partial charge on any atom is -0.496 e. The Bertz CT molecular complexity index is 992. The number of anilines is 2. The number of halogens is 1. The van der Waals surface area contributed by atoms with Crippen LogP contribution in [0.4, 0.5) is 22.0 Å². The number of amides is 2. The molecule has 0 saturated carbocycles. The maximum absolute atomic E-state index is 12.7. The molecule has 0 bridgehead atoms. The number of carbonyl (C=O) groups is 2. The number of nitrogens with zero attached hydrogens (tertiary/aromatic N) is 4. The molecule has 0 unspecified atom stereocenters. The van der Waals surface area contributed by atoms with E-state index in [1.165, 1.54) is 38.6 Å². The number of urea groups is 1. The number of nitrogens with one attached hydrogen (secondary N) is 1. The van der Waals surface area contributed by atoms with Crippen molar-refractivity contribution in [2.45, 2.75) is 0 Å². The highest BCUT2D eigenvalue weighted by Crippen LogP contribution is 2.31.